The molecule has 0 saturated heterocycles. The van der Waals surface area contributed by atoms with Gasteiger partial charge in [0.1, 0.15) is 0 Å². The Morgan fingerprint density at radius 3 is 2.53 bits per heavy atom. The molecule has 108 valence electrons. The van der Waals surface area contributed by atoms with Crippen LogP contribution in [0.2, 0.25) is 0 Å². The highest BCUT2D eigenvalue weighted by Crippen LogP contribution is 2.21. The summed E-state index contributed by atoms with van der Waals surface area (Å²) in [5, 5.41) is 0. The predicted molar refractivity (Wildman–Crippen MR) is 81.9 cm³/mol. The largest absolute Gasteiger partial charge is 0.336 e. The zero-order valence-corrected chi connectivity index (χ0v) is 13.1. The summed E-state index contributed by atoms with van der Waals surface area (Å²) in [6.07, 6.45) is 12.5. The molecule has 0 saturated carbocycles. The lowest BCUT2D eigenvalue weighted by Crippen LogP contribution is -2.43. The van der Waals surface area contributed by atoms with Gasteiger partial charge in [-0.25, -0.2) is 0 Å². The van der Waals surface area contributed by atoms with Crippen molar-refractivity contribution in [3.05, 3.63) is 24.3 Å². The highest BCUT2D eigenvalue weighted by molar-refractivity contribution is 5.81. The molecular weight excluding hydrogens is 234 g/mol. The van der Waals surface area contributed by atoms with Gasteiger partial charge in [-0.1, -0.05) is 45.1 Å². The molecular formula is C17H29NO. The summed E-state index contributed by atoms with van der Waals surface area (Å²) in [7, 11) is 0. The minimum absolute atomic E-state index is 0.232. The lowest BCUT2D eigenvalue weighted by atomic mass is 9.93. The van der Waals surface area contributed by atoms with Gasteiger partial charge >= 0.3 is 0 Å². The average Bonchev–Trinajstić information content (AvgIpc) is 2.33. The first-order valence-electron chi connectivity index (χ1n) is 7.45. The van der Waals surface area contributed by atoms with Crippen molar-refractivity contribution in [1.82, 2.24) is 4.90 Å². The first-order chi connectivity index (χ1) is 8.82. The van der Waals surface area contributed by atoms with Crippen molar-refractivity contribution in [2.45, 2.75) is 59.9 Å². The Labute approximate surface area is 118 Å². The van der Waals surface area contributed by atoms with Gasteiger partial charge in [0, 0.05) is 18.0 Å². The second kappa shape index (κ2) is 6.93. The fourth-order valence-electron chi connectivity index (χ4n) is 2.32. The van der Waals surface area contributed by atoms with E-state index < -0.39 is 0 Å². The van der Waals surface area contributed by atoms with E-state index in [0.29, 0.717) is 5.92 Å². The van der Waals surface area contributed by atoms with Crippen LogP contribution in [0.3, 0.4) is 0 Å². The second-order valence-corrected chi connectivity index (χ2v) is 6.77. The third-order valence-corrected chi connectivity index (χ3v) is 3.55. The summed E-state index contributed by atoms with van der Waals surface area (Å²) in [6, 6.07) is 0.252. The van der Waals surface area contributed by atoms with Crippen LogP contribution in [0.1, 0.15) is 53.9 Å². The molecule has 0 spiro atoms. The monoisotopic (exact) mass is 263 g/mol. The molecule has 1 rings (SSSR count). The average molecular weight is 263 g/mol. The van der Waals surface area contributed by atoms with Crippen LogP contribution in [0.4, 0.5) is 0 Å². The zero-order chi connectivity index (χ0) is 14.5. The van der Waals surface area contributed by atoms with Gasteiger partial charge in [0.25, 0.3) is 0 Å². The van der Waals surface area contributed by atoms with Crippen molar-refractivity contribution in [2.24, 2.45) is 11.3 Å². The molecule has 0 N–H and O–H groups in total. The molecule has 0 aromatic heterocycles. The Balaban J connectivity index is 2.57. The number of carbonyl (C=O) groups is 1. The topological polar surface area (TPSA) is 20.3 Å². The van der Waals surface area contributed by atoms with E-state index in [-0.39, 0.29) is 17.4 Å². The van der Waals surface area contributed by atoms with Crippen LogP contribution in [-0.2, 0) is 4.79 Å². The van der Waals surface area contributed by atoms with Gasteiger partial charge < -0.3 is 4.90 Å². The first-order valence-corrected chi connectivity index (χ1v) is 7.45. The number of hydrogen-bond donors (Lipinski definition) is 0. The summed E-state index contributed by atoms with van der Waals surface area (Å²) in [5.74, 6) is 0.888. The first kappa shape index (κ1) is 16.0. The van der Waals surface area contributed by atoms with E-state index in [1.165, 1.54) is 12.8 Å². The molecule has 1 unspecified atom stereocenters. The summed E-state index contributed by atoms with van der Waals surface area (Å²) in [6.45, 7) is 10.9. The van der Waals surface area contributed by atoms with Gasteiger partial charge in [-0.3, -0.25) is 4.79 Å². The quantitative estimate of drug-likeness (QED) is 0.697. The third kappa shape index (κ3) is 5.22. The third-order valence-electron chi connectivity index (χ3n) is 3.55. The molecule has 0 radical (unpaired) electrons. The fourth-order valence-corrected chi connectivity index (χ4v) is 2.32. The molecule has 1 aliphatic rings. The van der Waals surface area contributed by atoms with Gasteiger partial charge in [0.15, 0.2) is 0 Å². The number of hydrogen-bond acceptors (Lipinski definition) is 1. The van der Waals surface area contributed by atoms with Crippen LogP contribution < -0.4 is 0 Å². The van der Waals surface area contributed by atoms with Crippen molar-refractivity contribution in [1.29, 1.82) is 0 Å². The van der Waals surface area contributed by atoms with E-state index in [2.05, 4.69) is 38.2 Å². The molecule has 1 atom stereocenters. The van der Waals surface area contributed by atoms with E-state index in [1.807, 2.05) is 25.7 Å². The maximum atomic E-state index is 12.4. The lowest BCUT2D eigenvalue weighted by molar-refractivity contribution is -0.140. The standard InChI is InChI=1S/C17H29NO/c1-14(2)18(16(19)17(3,4)5)13-9-12-15-10-7-6-8-11-15/h6-7,9,12,14-15H,8,10-11,13H2,1-5H3/b12-9+. The number of carbonyl (C=O) groups excluding carboxylic acids is 1. The minimum Gasteiger partial charge on any atom is -0.336 e. The van der Waals surface area contributed by atoms with E-state index in [1.54, 1.807) is 0 Å². The van der Waals surface area contributed by atoms with Crippen LogP contribution in [0.5, 0.6) is 0 Å². The molecule has 2 nitrogen and oxygen atoms in total. The van der Waals surface area contributed by atoms with E-state index in [9.17, 15) is 4.79 Å². The minimum atomic E-state index is -0.300. The normalized spacial score (nSPS) is 20.2. The molecule has 0 aromatic carbocycles. The Kier molecular flexibility index (Phi) is 5.84. The van der Waals surface area contributed by atoms with E-state index in [4.69, 9.17) is 0 Å². The lowest BCUT2D eigenvalue weighted by Gasteiger charge is -2.32. The zero-order valence-electron chi connectivity index (χ0n) is 13.1. The highest BCUT2D eigenvalue weighted by Gasteiger charge is 2.27. The van der Waals surface area contributed by atoms with Gasteiger partial charge in [-0.2, -0.15) is 0 Å². The summed E-state index contributed by atoms with van der Waals surface area (Å²) in [5.41, 5.74) is -0.300. The maximum Gasteiger partial charge on any atom is 0.228 e. The Hall–Kier alpha value is -1.05. The van der Waals surface area contributed by atoms with E-state index >= 15 is 0 Å². The number of rotatable bonds is 4. The maximum absolute atomic E-state index is 12.4. The Bertz CT molecular complexity index is 347. The molecule has 0 bridgehead atoms. The van der Waals surface area contributed by atoms with Gasteiger partial charge in [0.2, 0.25) is 5.91 Å². The molecule has 0 aromatic rings. The molecule has 2 heteroatoms. The molecule has 1 amide bonds. The smallest absolute Gasteiger partial charge is 0.228 e. The highest BCUT2D eigenvalue weighted by atomic mass is 16.2. The van der Waals surface area contributed by atoms with Crippen molar-refractivity contribution in [2.75, 3.05) is 6.54 Å². The Morgan fingerprint density at radius 1 is 1.37 bits per heavy atom. The molecule has 0 aliphatic heterocycles. The molecule has 0 heterocycles. The van der Waals surface area contributed by atoms with Crippen molar-refractivity contribution < 1.29 is 4.79 Å². The van der Waals surface area contributed by atoms with Gasteiger partial charge in [-0.15, -0.1) is 0 Å². The number of nitrogens with zero attached hydrogens (tertiary/aromatic N) is 1. The molecule has 1 aliphatic carbocycles. The van der Waals surface area contributed by atoms with Crippen LogP contribution in [0.15, 0.2) is 24.3 Å². The van der Waals surface area contributed by atoms with Crippen LogP contribution in [-0.4, -0.2) is 23.4 Å². The van der Waals surface area contributed by atoms with Gasteiger partial charge in [0.05, 0.1) is 0 Å². The molecule has 19 heavy (non-hydrogen) atoms. The van der Waals surface area contributed by atoms with Crippen LogP contribution in [0, 0.1) is 11.3 Å². The van der Waals surface area contributed by atoms with Gasteiger partial charge in [-0.05, 0) is 39.0 Å². The van der Waals surface area contributed by atoms with Crippen LogP contribution >= 0.6 is 0 Å². The fraction of sp³-hybridized carbons (Fsp3) is 0.706. The predicted octanol–water partition coefficient (Wildman–Crippen LogP) is 4.18. The Morgan fingerprint density at radius 2 is 2.05 bits per heavy atom. The summed E-state index contributed by atoms with van der Waals surface area (Å²) >= 11 is 0. The SMILES string of the molecule is CC(C)N(C/C=C/C1CC=CCC1)C(=O)C(C)(C)C. The van der Waals surface area contributed by atoms with Crippen molar-refractivity contribution >= 4 is 5.91 Å². The van der Waals surface area contributed by atoms with Crippen molar-refractivity contribution in [3.8, 4) is 0 Å². The van der Waals surface area contributed by atoms with Crippen molar-refractivity contribution in [3.63, 3.8) is 0 Å². The number of allylic oxidation sites excluding steroid dienone is 3. The second-order valence-electron chi connectivity index (χ2n) is 6.77. The van der Waals surface area contributed by atoms with Crippen LogP contribution in [0.25, 0.3) is 0 Å². The molecule has 0 fully saturated rings. The summed E-state index contributed by atoms with van der Waals surface area (Å²) < 4.78 is 0. The van der Waals surface area contributed by atoms with E-state index in [0.717, 1.165) is 13.0 Å². The summed E-state index contributed by atoms with van der Waals surface area (Å²) in [4.78, 5) is 14.3. The number of amides is 1.